The summed E-state index contributed by atoms with van der Waals surface area (Å²) in [4.78, 5) is 31.2. The largest absolute Gasteiger partial charge is 0.339 e. The maximum atomic E-state index is 13.6. The lowest BCUT2D eigenvalue weighted by Gasteiger charge is -2.43. The highest BCUT2D eigenvalue weighted by atomic mass is 32.2. The van der Waals surface area contributed by atoms with Gasteiger partial charge in [0.2, 0.25) is 11.8 Å². The second kappa shape index (κ2) is 8.23. The zero-order chi connectivity index (χ0) is 18.7. The number of benzene rings is 1. The molecule has 146 valence electrons. The molecule has 0 aromatic heterocycles. The van der Waals surface area contributed by atoms with Crippen LogP contribution in [0.25, 0.3) is 0 Å². The first-order valence-electron chi connectivity index (χ1n) is 10.2. The average Bonchev–Trinajstić information content (AvgIpc) is 3.18. The van der Waals surface area contributed by atoms with Crippen molar-refractivity contribution in [1.82, 2.24) is 15.1 Å². The molecule has 3 aliphatic rings. The number of nitrogens with zero attached hydrogens (tertiary/aromatic N) is 2. The van der Waals surface area contributed by atoms with Crippen LogP contribution in [0.4, 0.5) is 0 Å². The predicted octanol–water partition coefficient (Wildman–Crippen LogP) is 2.51. The summed E-state index contributed by atoms with van der Waals surface area (Å²) >= 11 is 1.76. The van der Waals surface area contributed by atoms with Crippen LogP contribution in [0.3, 0.4) is 0 Å². The second-order valence-corrected chi connectivity index (χ2v) is 9.38. The van der Waals surface area contributed by atoms with Crippen molar-refractivity contribution in [3.8, 4) is 0 Å². The van der Waals surface area contributed by atoms with E-state index < -0.39 is 0 Å². The Bertz CT molecular complexity index is 675. The third-order valence-corrected chi connectivity index (χ3v) is 7.59. The average molecular weight is 388 g/mol. The van der Waals surface area contributed by atoms with Crippen LogP contribution in [0.2, 0.25) is 0 Å². The molecule has 4 rings (SSSR count). The van der Waals surface area contributed by atoms with E-state index in [-0.39, 0.29) is 16.7 Å². The normalized spacial score (nSPS) is 25.6. The van der Waals surface area contributed by atoms with Crippen LogP contribution in [0.5, 0.6) is 0 Å². The zero-order valence-corrected chi connectivity index (χ0v) is 16.7. The number of likely N-dealkylation sites (tertiary alicyclic amines) is 1. The highest BCUT2D eigenvalue weighted by Gasteiger charge is 2.45. The van der Waals surface area contributed by atoms with E-state index in [4.69, 9.17) is 0 Å². The summed E-state index contributed by atoms with van der Waals surface area (Å²) in [6, 6.07) is 10.5. The summed E-state index contributed by atoms with van der Waals surface area (Å²) in [6.07, 6.45) is 6.16. The first-order valence-corrected chi connectivity index (χ1v) is 11.0. The van der Waals surface area contributed by atoms with E-state index in [2.05, 4.69) is 22.3 Å². The minimum Gasteiger partial charge on any atom is -0.339 e. The standard InChI is InChI=1S/C21H29N3O2S/c25-19-15-22-12-14-24(19)17-7-6-13-23(16-17)20(26)21(10-4-5-11-21)27-18-8-2-1-3-9-18/h1-3,8-9,17,22H,4-7,10-16H2. The molecule has 1 saturated carbocycles. The summed E-state index contributed by atoms with van der Waals surface area (Å²) in [5, 5.41) is 3.14. The van der Waals surface area contributed by atoms with Gasteiger partial charge in [-0.2, -0.15) is 0 Å². The number of piperidine rings is 1. The molecule has 2 aliphatic heterocycles. The molecule has 0 bridgehead atoms. The van der Waals surface area contributed by atoms with E-state index in [9.17, 15) is 9.59 Å². The van der Waals surface area contributed by atoms with Crippen LogP contribution >= 0.6 is 11.8 Å². The molecule has 3 fully saturated rings. The van der Waals surface area contributed by atoms with Gasteiger partial charge < -0.3 is 15.1 Å². The van der Waals surface area contributed by atoms with Crippen molar-refractivity contribution in [3.63, 3.8) is 0 Å². The van der Waals surface area contributed by atoms with Crippen molar-refractivity contribution in [2.45, 2.75) is 54.2 Å². The molecule has 0 spiro atoms. The van der Waals surface area contributed by atoms with E-state index in [1.165, 1.54) is 4.90 Å². The van der Waals surface area contributed by atoms with Gasteiger partial charge in [-0.1, -0.05) is 31.0 Å². The smallest absolute Gasteiger partial charge is 0.239 e. The van der Waals surface area contributed by atoms with Gasteiger partial charge in [0.15, 0.2) is 0 Å². The van der Waals surface area contributed by atoms with E-state index >= 15 is 0 Å². The lowest BCUT2D eigenvalue weighted by atomic mass is 9.99. The molecule has 0 radical (unpaired) electrons. The van der Waals surface area contributed by atoms with Crippen molar-refractivity contribution in [3.05, 3.63) is 30.3 Å². The van der Waals surface area contributed by atoms with Gasteiger partial charge in [-0.25, -0.2) is 0 Å². The van der Waals surface area contributed by atoms with Gasteiger partial charge in [-0.3, -0.25) is 9.59 Å². The van der Waals surface area contributed by atoms with E-state index in [1.807, 2.05) is 23.1 Å². The zero-order valence-electron chi connectivity index (χ0n) is 15.9. The number of rotatable bonds is 4. The third kappa shape index (κ3) is 4.02. The topological polar surface area (TPSA) is 52.7 Å². The summed E-state index contributed by atoms with van der Waals surface area (Å²) in [5.74, 6) is 0.468. The summed E-state index contributed by atoms with van der Waals surface area (Å²) in [6.45, 7) is 3.56. The summed E-state index contributed by atoms with van der Waals surface area (Å²) in [7, 11) is 0. The molecule has 2 amide bonds. The molecule has 1 N–H and O–H groups in total. The Morgan fingerprint density at radius 3 is 2.63 bits per heavy atom. The lowest BCUT2D eigenvalue weighted by molar-refractivity contribution is -0.141. The minimum absolute atomic E-state index is 0.176. The molecule has 1 aromatic rings. The molecular weight excluding hydrogens is 358 g/mol. The van der Waals surface area contributed by atoms with Gasteiger partial charge in [-0.05, 0) is 37.8 Å². The maximum Gasteiger partial charge on any atom is 0.239 e. The number of hydrogen-bond donors (Lipinski definition) is 1. The fourth-order valence-electron chi connectivity index (χ4n) is 4.71. The molecule has 2 saturated heterocycles. The number of carbonyl (C=O) groups excluding carboxylic acids is 2. The SMILES string of the molecule is O=C1CNCCN1C1CCCN(C(=O)C2(Sc3ccccc3)CCCC2)C1. The van der Waals surface area contributed by atoms with Crippen molar-refractivity contribution in [1.29, 1.82) is 0 Å². The Balaban J connectivity index is 1.48. The highest BCUT2D eigenvalue weighted by molar-refractivity contribution is 8.01. The second-order valence-electron chi connectivity index (χ2n) is 7.93. The Labute approximate surface area is 165 Å². The number of nitrogens with one attached hydrogen (secondary N) is 1. The molecule has 5 nitrogen and oxygen atoms in total. The molecule has 27 heavy (non-hydrogen) atoms. The minimum atomic E-state index is -0.323. The van der Waals surface area contributed by atoms with Gasteiger partial charge >= 0.3 is 0 Å². The first-order chi connectivity index (χ1) is 13.2. The van der Waals surface area contributed by atoms with Gasteiger partial charge in [0.25, 0.3) is 0 Å². The third-order valence-electron chi connectivity index (χ3n) is 6.11. The number of hydrogen-bond acceptors (Lipinski definition) is 4. The van der Waals surface area contributed by atoms with Crippen LogP contribution in [-0.4, -0.2) is 65.1 Å². The molecule has 1 aliphatic carbocycles. The van der Waals surface area contributed by atoms with Gasteiger partial charge in [0.05, 0.1) is 11.3 Å². The van der Waals surface area contributed by atoms with Crippen molar-refractivity contribution >= 4 is 23.6 Å². The number of piperazine rings is 1. The predicted molar refractivity (Wildman–Crippen MR) is 108 cm³/mol. The van der Waals surface area contributed by atoms with Gasteiger partial charge in [-0.15, -0.1) is 11.8 Å². The van der Waals surface area contributed by atoms with E-state index in [1.54, 1.807) is 11.8 Å². The number of carbonyl (C=O) groups is 2. The molecule has 2 heterocycles. The first kappa shape index (κ1) is 18.8. The summed E-state index contributed by atoms with van der Waals surface area (Å²) < 4.78 is -0.323. The van der Waals surface area contributed by atoms with Crippen molar-refractivity contribution in [2.24, 2.45) is 0 Å². The van der Waals surface area contributed by atoms with Crippen LogP contribution < -0.4 is 5.32 Å². The van der Waals surface area contributed by atoms with Crippen LogP contribution in [0.1, 0.15) is 38.5 Å². The Morgan fingerprint density at radius 2 is 1.89 bits per heavy atom. The number of amides is 2. The summed E-state index contributed by atoms with van der Waals surface area (Å²) in [5.41, 5.74) is 0. The molecule has 6 heteroatoms. The Kier molecular flexibility index (Phi) is 5.74. The molecule has 1 aromatic carbocycles. The molecule has 1 unspecified atom stereocenters. The van der Waals surface area contributed by atoms with Gasteiger partial charge in [0.1, 0.15) is 0 Å². The van der Waals surface area contributed by atoms with Crippen LogP contribution in [0, 0.1) is 0 Å². The van der Waals surface area contributed by atoms with Gasteiger partial charge in [0, 0.05) is 37.1 Å². The van der Waals surface area contributed by atoms with E-state index in [0.29, 0.717) is 19.0 Å². The van der Waals surface area contributed by atoms with Crippen molar-refractivity contribution < 1.29 is 9.59 Å². The molecule has 1 atom stereocenters. The Hall–Kier alpha value is -1.53. The highest BCUT2D eigenvalue weighted by Crippen LogP contribution is 2.46. The monoisotopic (exact) mass is 387 g/mol. The quantitative estimate of drug-likeness (QED) is 0.863. The molecular formula is C21H29N3O2S. The fraction of sp³-hybridized carbons (Fsp3) is 0.619. The van der Waals surface area contributed by atoms with E-state index in [0.717, 1.165) is 58.2 Å². The number of thioether (sulfide) groups is 1. The van der Waals surface area contributed by atoms with Crippen LogP contribution in [-0.2, 0) is 9.59 Å². The maximum absolute atomic E-state index is 13.6. The van der Waals surface area contributed by atoms with Crippen molar-refractivity contribution in [2.75, 3.05) is 32.7 Å². The lowest BCUT2D eigenvalue weighted by Crippen LogP contribution is -2.59. The van der Waals surface area contributed by atoms with Crippen LogP contribution in [0.15, 0.2) is 35.2 Å². The fourth-order valence-corrected chi connectivity index (χ4v) is 6.16. The Morgan fingerprint density at radius 1 is 1.11 bits per heavy atom.